The van der Waals surface area contributed by atoms with Crippen LogP contribution in [0.5, 0.6) is 0 Å². The second-order valence-electron chi connectivity index (χ2n) is 4.18. The van der Waals surface area contributed by atoms with Gasteiger partial charge in [-0.1, -0.05) is 12.1 Å². The van der Waals surface area contributed by atoms with Crippen molar-refractivity contribution in [1.29, 1.82) is 0 Å². The van der Waals surface area contributed by atoms with Crippen LogP contribution in [0.3, 0.4) is 0 Å². The molecular formula is C13H13ClF3NO3. The van der Waals surface area contributed by atoms with Gasteiger partial charge >= 0.3 is 12.1 Å². The number of halogens is 4. The SMILES string of the molecule is COC(=O)[C@@H](Cc1ccc(C(F)(F)F)cc1)NC(=O)CCl. The first-order chi connectivity index (χ1) is 9.77. The van der Waals surface area contributed by atoms with Gasteiger partial charge in [-0.15, -0.1) is 11.6 Å². The third kappa shape index (κ3) is 5.26. The lowest BCUT2D eigenvalue weighted by Gasteiger charge is -2.16. The number of methoxy groups -OCH3 is 1. The molecule has 0 aliphatic rings. The Balaban J connectivity index is 2.83. The number of carbonyl (C=O) groups is 2. The summed E-state index contributed by atoms with van der Waals surface area (Å²) in [6, 6.07) is 3.30. The van der Waals surface area contributed by atoms with Crippen molar-refractivity contribution in [3.63, 3.8) is 0 Å². The van der Waals surface area contributed by atoms with Crippen molar-refractivity contribution in [2.75, 3.05) is 13.0 Å². The maximum atomic E-state index is 12.4. The molecule has 116 valence electrons. The van der Waals surface area contributed by atoms with Crippen LogP contribution in [-0.2, 0) is 26.9 Å². The van der Waals surface area contributed by atoms with E-state index in [4.69, 9.17) is 11.6 Å². The van der Waals surface area contributed by atoms with Crippen molar-refractivity contribution in [2.45, 2.75) is 18.6 Å². The van der Waals surface area contributed by atoms with Gasteiger partial charge in [0.2, 0.25) is 5.91 Å². The summed E-state index contributed by atoms with van der Waals surface area (Å²) in [6.07, 6.45) is -4.42. The maximum Gasteiger partial charge on any atom is 0.416 e. The van der Waals surface area contributed by atoms with Gasteiger partial charge in [0, 0.05) is 6.42 Å². The Morgan fingerprint density at radius 3 is 2.29 bits per heavy atom. The first kappa shape index (κ1) is 17.3. The number of ether oxygens (including phenoxy) is 1. The Morgan fingerprint density at radius 2 is 1.86 bits per heavy atom. The largest absolute Gasteiger partial charge is 0.467 e. The number of carbonyl (C=O) groups excluding carboxylic acids is 2. The van der Waals surface area contributed by atoms with E-state index in [2.05, 4.69) is 10.1 Å². The molecule has 21 heavy (non-hydrogen) atoms. The van der Waals surface area contributed by atoms with E-state index in [1.54, 1.807) is 0 Å². The van der Waals surface area contributed by atoms with Crippen molar-refractivity contribution in [1.82, 2.24) is 5.32 Å². The fraction of sp³-hybridized carbons (Fsp3) is 0.385. The fourth-order valence-corrected chi connectivity index (χ4v) is 1.71. The van der Waals surface area contributed by atoms with E-state index in [9.17, 15) is 22.8 Å². The summed E-state index contributed by atoms with van der Waals surface area (Å²) in [7, 11) is 1.15. The lowest BCUT2D eigenvalue weighted by Crippen LogP contribution is -2.43. The molecule has 0 radical (unpaired) electrons. The van der Waals surface area contributed by atoms with Crippen LogP contribution >= 0.6 is 11.6 Å². The predicted molar refractivity (Wildman–Crippen MR) is 69.8 cm³/mol. The molecule has 4 nitrogen and oxygen atoms in total. The van der Waals surface area contributed by atoms with Crippen LogP contribution in [0.25, 0.3) is 0 Å². The highest BCUT2D eigenvalue weighted by molar-refractivity contribution is 6.27. The topological polar surface area (TPSA) is 55.4 Å². The molecule has 0 heterocycles. The van der Waals surface area contributed by atoms with Gasteiger partial charge in [-0.3, -0.25) is 4.79 Å². The van der Waals surface area contributed by atoms with E-state index in [1.807, 2.05) is 0 Å². The number of amides is 1. The van der Waals surface area contributed by atoms with Crippen molar-refractivity contribution in [3.05, 3.63) is 35.4 Å². The summed E-state index contributed by atoms with van der Waals surface area (Å²) in [6.45, 7) is 0. The molecule has 0 unspecified atom stereocenters. The molecule has 8 heteroatoms. The number of alkyl halides is 4. The first-order valence-corrected chi connectivity index (χ1v) is 6.40. The van der Waals surface area contributed by atoms with E-state index < -0.39 is 29.7 Å². The molecule has 0 fully saturated rings. The minimum atomic E-state index is -4.42. The van der Waals surface area contributed by atoms with E-state index in [0.29, 0.717) is 5.56 Å². The predicted octanol–water partition coefficient (Wildman–Crippen LogP) is 2.14. The second kappa shape index (κ2) is 7.31. The Hall–Kier alpha value is -1.76. The minimum Gasteiger partial charge on any atom is -0.467 e. The van der Waals surface area contributed by atoms with Crippen LogP contribution < -0.4 is 5.32 Å². The second-order valence-corrected chi connectivity index (χ2v) is 4.44. The molecule has 1 amide bonds. The third-order valence-corrected chi connectivity index (χ3v) is 2.91. The molecular weight excluding hydrogens is 311 g/mol. The number of esters is 1. The lowest BCUT2D eigenvalue weighted by molar-refractivity contribution is -0.144. The van der Waals surface area contributed by atoms with Gasteiger partial charge < -0.3 is 10.1 Å². The van der Waals surface area contributed by atoms with Crippen LogP contribution in [0.1, 0.15) is 11.1 Å². The zero-order chi connectivity index (χ0) is 16.0. The van der Waals surface area contributed by atoms with E-state index in [0.717, 1.165) is 19.2 Å². The van der Waals surface area contributed by atoms with Crippen LogP contribution in [0.2, 0.25) is 0 Å². The summed E-state index contributed by atoms with van der Waals surface area (Å²) in [5.41, 5.74) is -0.334. The highest BCUT2D eigenvalue weighted by Crippen LogP contribution is 2.29. The van der Waals surface area contributed by atoms with Crippen molar-refractivity contribution >= 4 is 23.5 Å². The highest BCUT2D eigenvalue weighted by atomic mass is 35.5. The monoisotopic (exact) mass is 323 g/mol. The highest BCUT2D eigenvalue weighted by Gasteiger charge is 2.30. The zero-order valence-corrected chi connectivity index (χ0v) is 11.8. The quantitative estimate of drug-likeness (QED) is 0.667. The molecule has 1 atom stereocenters. The van der Waals surface area contributed by atoms with Crippen LogP contribution in [0.4, 0.5) is 13.2 Å². The molecule has 1 aromatic rings. The summed E-state index contributed by atoms with van der Waals surface area (Å²) < 4.78 is 41.8. The van der Waals surface area contributed by atoms with Gasteiger partial charge in [-0.05, 0) is 17.7 Å². The van der Waals surface area contributed by atoms with Gasteiger partial charge in [0.05, 0.1) is 12.7 Å². The van der Waals surface area contributed by atoms with Crippen molar-refractivity contribution < 1.29 is 27.5 Å². The Kier molecular flexibility index (Phi) is 6.02. The first-order valence-electron chi connectivity index (χ1n) is 5.87. The Labute approximate surface area is 124 Å². The maximum absolute atomic E-state index is 12.4. The van der Waals surface area contributed by atoms with Crippen LogP contribution in [-0.4, -0.2) is 30.9 Å². The molecule has 0 aromatic heterocycles. The Bertz CT molecular complexity index is 502. The average molecular weight is 324 g/mol. The van der Waals surface area contributed by atoms with Crippen LogP contribution in [0.15, 0.2) is 24.3 Å². The molecule has 0 spiro atoms. The molecule has 0 bridgehead atoms. The molecule has 1 rings (SSSR count). The Morgan fingerprint density at radius 1 is 1.29 bits per heavy atom. The number of benzene rings is 1. The number of nitrogens with one attached hydrogen (secondary N) is 1. The molecule has 0 saturated carbocycles. The fourth-order valence-electron chi connectivity index (χ4n) is 1.63. The molecule has 0 saturated heterocycles. The normalized spacial score (nSPS) is 12.6. The third-order valence-electron chi connectivity index (χ3n) is 2.66. The standard InChI is InChI=1S/C13H13ClF3NO3/c1-21-12(20)10(18-11(19)7-14)6-8-2-4-9(5-3-8)13(15,16)17/h2-5,10H,6-7H2,1H3,(H,18,19)/t10-/m1/s1. The zero-order valence-electron chi connectivity index (χ0n) is 11.0. The van der Waals surface area contributed by atoms with E-state index in [1.165, 1.54) is 12.1 Å². The average Bonchev–Trinajstić information content (AvgIpc) is 2.45. The van der Waals surface area contributed by atoms with Gasteiger partial charge in [-0.25, -0.2) is 4.79 Å². The molecule has 0 aliphatic carbocycles. The van der Waals surface area contributed by atoms with E-state index >= 15 is 0 Å². The van der Waals surface area contributed by atoms with Crippen molar-refractivity contribution in [2.24, 2.45) is 0 Å². The summed E-state index contributed by atoms with van der Waals surface area (Å²) >= 11 is 5.33. The summed E-state index contributed by atoms with van der Waals surface area (Å²) in [4.78, 5) is 22.8. The van der Waals surface area contributed by atoms with Crippen molar-refractivity contribution in [3.8, 4) is 0 Å². The number of hydrogen-bond acceptors (Lipinski definition) is 3. The molecule has 1 aromatic carbocycles. The molecule has 0 aliphatic heterocycles. The van der Waals surface area contributed by atoms with Gasteiger partial charge in [-0.2, -0.15) is 13.2 Å². The van der Waals surface area contributed by atoms with E-state index in [-0.39, 0.29) is 12.3 Å². The van der Waals surface area contributed by atoms with Gasteiger partial charge in [0.25, 0.3) is 0 Å². The minimum absolute atomic E-state index is 0.00738. The van der Waals surface area contributed by atoms with Gasteiger partial charge in [0.15, 0.2) is 0 Å². The van der Waals surface area contributed by atoms with Gasteiger partial charge in [0.1, 0.15) is 11.9 Å². The smallest absolute Gasteiger partial charge is 0.416 e. The number of rotatable bonds is 5. The lowest BCUT2D eigenvalue weighted by atomic mass is 10.0. The number of hydrogen-bond donors (Lipinski definition) is 1. The summed E-state index contributed by atoms with van der Waals surface area (Å²) in [5.74, 6) is -1.60. The van der Waals surface area contributed by atoms with Crippen LogP contribution in [0, 0.1) is 0 Å². The summed E-state index contributed by atoms with van der Waals surface area (Å²) in [5, 5.41) is 2.34. The molecule has 1 N–H and O–H groups in total.